The van der Waals surface area contributed by atoms with Gasteiger partial charge < -0.3 is 4.90 Å². The van der Waals surface area contributed by atoms with Crippen molar-refractivity contribution in [2.24, 2.45) is 11.8 Å². The Labute approximate surface area is 215 Å². The molecule has 2 aromatic rings. The van der Waals surface area contributed by atoms with Gasteiger partial charge in [-0.05, 0) is 65.6 Å². The van der Waals surface area contributed by atoms with Gasteiger partial charge in [-0.2, -0.15) is 8.78 Å². The summed E-state index contributed by atoms with van der Waals surface area (Å²) in [6, 6.07) is 6.64. The maximum atomic E-state index is 14.4. The average molecular weight is 546 g/mol. The van der Waals surface area contributed by atoms with Crippen LogP contribution < -0.4 is 9.62 Å². The lowest BCUT2D eigenvalue weighted by atomic mass is 9.90. The van der Waals surface area contributed by atoms with Gasteiger partial charge in [0.15, 0.2) is 0 Å². The van der Waals surface area contributed by atoms with E-state index in [0.717, 1.165) is 18.7 Å². The maximum Gasteiger partial charge on any atom is 0.364 e. The number of nitrogens with zero attached hydrogens (tertiary/aromatic N) is 2. The largest absolute Gasteiger partial charge is 0.364 e. The minimum atomic E-state index is -3.64. The first-order chi connectivity index (χ1) is 16.6. The number of hydrogen-bond acceptors (Lipinski definition) is 5. The minimum Gasteiger partial charge on any atom is -0.356 e. The van der Waals surface area contributed by atoms with Crippen molar-refractivity contribution in [2.45, 2.75) is 51.3 Å². The Morgan fingerprint density at radius 3 is 2.42 bits per heavy atom. The summed E-state index contributed by atoms with van der Waals surface area (Å²) in [7, 11) is -3.64. The highest BCUT2D eigenvalue weighted by molar-refractivity contribution is 7.92. The summed E-state index contributed by atoms with van der Waals surface area (Å²) in [6.45, 7) is 7.18. The molecule has 198 valence electrons. The van der Waals surface area contributed by atoms with Gasteiger partial charge in [-0.3, -0.25) is 9.52 Å². The van der Waals surface area contributed by atoms with Crippen molar-refractivity contribution in [1.29, 1.82) is 0 Å². The molecule has 36 heavy (non-hydrogen) atoms. The third-order valence-electron chi connectivity index (χ3n) is 6.33. The van der Waals surface area contributed by atoms with E-state index in [0.29, 0.717) is 41.9 Å². The number of rotatable bonds is 9. The van der Waals surface area contributed by atoms with Crippen LogP contribution in [0.3, 0.4) is 0 Å². The molecule has 0 amide bonds. The molecule has 1 aromatic carbocycles. The predicted molar refractivity (Wildman–Crippen MR) is 136 cm³/mol. The van der Waals surface area contributed by atoms with Gasteiger partial charge in [0.1, 0.15) is 23.1 Å². The lowest BCUT2D eigenvalue weighted by Gasteiger charge is -2.37. The topological polar surface area (TPSA) is 79.4 Å². The van der Waals surface area contributed by atoms with Crippen LogP contribution >= 0.6 is 11.6 Å². The Balaban J connectivity index is 1.79. The van der Waals surface area contributed by atoms with Crippen LogP contribution in [0.25, 0.3) is 0 Å². The number of benzene rings is 1. The molecule has 6 nitrogen and oxygen atoms in total. The van der Waals surface area contributed by atoms with Crippen LogP contribution in [-0.2, 0) is 26.6 Å². The Morgan fingerprint density at radius 2 is 1.86 bits per heavy atom. The van der Waals surface area contributed by atoms with E-state index in [9.17, 15) is 26.4 Å². The number of carbonyl (C=O) groups excluding carboxylic acids is 1. The smallest absolute Gasteiger partial charge is 0.356 e. The molecule has 2 heterocycles. The van der Waals surface area contributed by atoms with Gasteiger partial charge in [0.05, 0.1) is 11.9 Å². The molecule has 3 unspecified atom stereocenters. The number of carbonyl (C=O) groups is 1. The fourth-order valence-corrected chi connectivity index (χ4v) is 5.35. The second kappa shape index (κ2) is 11.0. The van der Waals surface area contributed by atoms with Gasteiger partial charge in [-0.25, -0.2) is 17.8 Å². The Bertz CT molecular complexity index is 1210. The lowest BCUT2D eigenvalue weighted by Crippen LogP contribution is -2.40. The molecule has 11 heteroatoms. The number of aryl methyl sites for hydroxylation is 1. The van der Waals surface area contributed by atoms with Gasteiger partial charge in [0, 0.05) is 25.4 Å². The molecule has 0 bridgehead atoms. The zero-order valence-corrected chi connectivity index (χ0v) is 22.3. The molecule has 3 atom stereocenters. The molecule has 0 spiro atoms. The Kier molecular flexibility index (Phi) is 8.60. The molecular weight excluding hydrogens is 515 g/mol. The van der Waals surface area contributed by atoms with E-state index in [1.807, 2.05) is 4.90 Å². The van der Waals surface area contributed by atoms with Crippen LogP contribution in [0.5, 0.6) is 0 Å². The molecular formula is C25H31ClF3N3O3S. The first-order valence-electron chi connectivity index (χ1n) is 11.8. The molecule has 0 aliphatic carbocycles. The van der Waals surface area contributed by atoms with Gasteiger partial charge >= 0.3 is 5.38 Å². The van der Waals surface area contributed by atoms with Crippen molar-refractivity contribution in [3.05, 3.63) is 53.0 Å². The fraction of sp³-hybridized carbons (Fsp3) is 0.520. The Hall–Kier alpha value is -2.33. The van der Waals surface area contributed by atoms with Crippen LogP contribution in [0.2, 0.25) is 0 Å². The zero-order chi connectivity index (χ0) is 26.8. The number of sulfonamides is 1. The number of ketones is 1. The van der Waals surface area contributed by atoms with Crippen molar-refractivity contribution >= 4 is 38.9 Å². The van der Waals surface area contributed by atoms with E-state index in [1.165, 1.54) is 18.2 Å². The van der Waals surface area contributed by atoms with Crippen LogP contribution in [0.1, 0.15) is 56.4 Å². The average Bonchev–Trinajstić information content (AvgIpc) is 2.76. The molecule has 1 N–H and O–H groups in total. The standard InChI is InChI=1S/C25H31ClF3N3O3S/c1-15-11-16(2)14-32(13-15)24-18(7-10-23(30-24)25(26,28)29)6-9-22(33)17(3)19-5-8-21(20(27)12-19)31-36(4,34)35/h5,7-8,10,12,15-17,31H,6,9,11,13-14H2,1-4H3. The molecule has 3 rings (SSSR count). The number of Topliss-reactive ketones (excluding diaryl/α,β-unsaturated/α-hetero) is 1. The van der Waals surface area contributed by atoms with Crippen LogP contribution in [0, 0.1) is 17.7 Å². The molecule has 1 saturated heterocycles. The first kappa shape index (κ1) is 28.2. The molecule has 0 radical (unpaired) electrons. The number of piperidine rings is 1. The summed E-state index contributed by atoms with van der Waals surface area (Å²) in [5.41, 5.74) is 0.343. The van der Waals surface area contributed by atoms with Crippen LogP contribution in [-0.4, -0.2) is 38.5 Å². The second-order valence-corrected chi connectivity index (χ2v) is 12.1. The summed E-state index contributed by atoms with van der Waals surface area (Å²) < 4.78 is 66.8. The summed E-state index contributed by atoms with van der Waals surface area (Å²) in [5.74, 6) is -0.467. The summed E-state index contributed by atoms with van der Waals surface area (Å²) in [4.78, 5) is 19.1. The molecule has 1 aliphatic heterocycles. The van der Waals surface area contributed by atoms with E-state index in [1.54, 1.807) is 13.0 Å². The maximum absolute atomic E-state index is 14.4. The van der Waals surface area contributed by atoms with Crippen molar-refractivity contribution in [3.63, 3.8) is 0 Å². The quantitative estimate of drug-likeness (QED) is 0.411. The van der Waals surface area contributed by atoms with Crippen LogP contribution in [0.15, 0.2) is 30.3 Å². The number of nitrogens with one attached hydrogen (secondary N) is 1. The van der Waals surface area contributed by atoms with Crippen molar-refractivity contribution in [1.82, 2.24) is 4.98 Å². The highest BCUT2D eigenvalue weighted by Gasteiger charge is 2.32. The second-order valence-electron chi connectivity index (χ2n) is 9.83. The fourth-order valence-electron chi connectivity index (χ4n) is 4.68. The zero-order valence-electron chi connectivity index (χ0n) is 20.7. The summed E-state index contributed by atoms with van der Waals surface area (Å²) in [5, 5.41) is -3.60. The molecule has 1 aliphatic rings. The molecule has 1 aromatic heterocycles. The van der Waals surface area contributed by atoms with E-state index in [2.05, 4.69) is 23.6 Å². The normalized spacial score (nSPS) is 19.7. The lowest BCUT2D eigenvalue weighted by molar-refractivity contribution is -0.120. The van der Waals surface area contributed by atoms with E-state index < -0.39 is 32.8 Å². The monoisotopic (exact) mass is 545 g/mol. The minimum absolute atomic E-state index is 0.0936. The number of anilines is 2. The van der Waals surface area contributed by atoms with Crippen molar-refractivity contribution in [2.75, 3.05) is 29.0 Å². The number of pyridine rings is 1. The summed E-state index contributed by atoms with van der Waals surface area (Å²) in [6.07, 6.45) is 2.31. The van der Waals surface area contributed by atoms with Crippen molar-refractivity contribution < 1.29 is 26.4 Å². The highest BCUT2D eigenvalue weighted by atomic mass is 35.5. The van der Waals surface area contributed by atoms with Gasteiger partial charge in [0.2, 0.25) is 10.0 Å². The predicted octanol–water partition coefficient (Wildman–Crippen LogP) is 5.67. The third-order valence-corrected chi connectivity index (χ3v) is 7.11. The van der Waals surface area contributed by atoms with Gasteiger partial charge in [-0.1, -0.05) is 32.9 Å². The van der Waals surface area contributed by atoms with Crippen LogP contribution in [0.4, 0.5) is 24.7 Å². The number of aromatic nitrogens is 1. The molecule has 1 fully saturated rings. The van der Waals surface area contributed by atoms with Gasteiger partial charge in [0.25, 0.3) is 0 Å². The first-order valence-corrected chi connectivity index (χ1v) is 14.0. The highest BCUT2D eigenvalue weighted by Crippen LogP contribution is 2.35. The van der Waals surface area contributed by atoms with Gasteiger partial charge in [-0.15, -0.1) is 0 Å². The summed E-state index contributed by atoms with van der Waals surface area (Å²) >= 11 is 5.24. The van der Waals surface area contributed by atoms with Crippen molar-refractivity contribution in [3.8, 4) is 0 Å². The van der Waals surface area contributed by atoms with E-state index in [4.69, 9.17) is 11.6 Å². The number of alkyl halides is 3. The third kappa shape index (κ3) is 7.35. The number of halogens is 4. The van der Waals surface area contributed by atoms with E-state index in [-0.39, 0.29) is 24.3 Å². The number of hydrogen-bond donors (Lipinski definition) is 1. The molecule has 0 saturated carbocycles. The Morgan fingerprint density at radius 1 is 1.22 bits per heavy atom. The van der Waals surface area contributed by atoms with E-state index >= 15 is 0 Å². The SMILES string of the molecule is CC1CC(C)CN(c2nc(C(F)(F)Cl)ccc2CCC(=O)C(C)c2ccc(NS(C)(=O)=O)c(F)c2)C1.